The molecule has 0 spiro atoms. The molecule has 2 heterocycles. The summed E-state index contributed by atoms with van der Waals surface area (Å²) in [5, 5.41) is 0. The molecule has 2 aromatic rings. The Morgan fingerprint density at radius 1 is 0.935 bits per heavy atom. The third-order valence-corrected chi connectivity index (χ3v) is 6.29. The van der Waals surface area contributed by atoms with Crippen LogP contribution >= 0.6 is 0 Å². The van der Waals surface area contributed by atoms with Gasteiger partial charge in [-0.1, -0.05) is 48.5 Å². The van der Waals surface area contributed by atoms with Crippen LogP contribution in [0.1, 0.15) is 42.4 Å². The minimum absolute atomic E-state index is 0.0112. The second kappa shape index (κ2) is 8.73. The Bertz CT molecular complexity index is 931. The molecule has 164 valence electrons. The zero-order valence-electron chi connectivity index (χ0n) is 17.0. The van der Waals surface area contributed by atoms with Crippen molar-refractivity contribution in [2.45, 2.75) is 57.0 Å². The Morgan fingerprint density at radius 3 is 2.19 bits per heavy atom. The molecule has 2 aliphatic heterocycles. The number of nitrogens with zero attached hydrogens (tertiary/aromatic N) is 1. The molecule has 4 nitrogen and oxygen atoms in total. The van der Waals surface area contributed by atoms with E-state index >= 15 is 0 Å². The average Bonchev–Trinajstić information content (AvgIpc) is 3.01. The van der Waals surface area contributed by atoms with Crippen molar-refractivity contribution in [2.24, 2.45) is 5.92 Å². The number of rotatable bonds is 5. The molecule has 31 heavy (non-hydrogen) atoms. The zero-order chi connectivity index (χ0) is 22.0. The summed E-state index contributed by atoms with van der Waals surface area (Å²) in [6.07, 6.45) is -2.58. The van der Waals surface area contributed by atoms with E-state index in [0.717, 1.165) is 24.5 Å². The fraction of sp³-hybridized carbons (Fsp3) is 0.417. The summed E-state index contributed by atoms with van der Waals surface area (Å²) < 4.78 is 45.2. The number of benzene rings is 2. The topological polar surface area (TPSA) is 46.6 Å². The van der Waals surface area contributed by atoms with Gasteiger partial charge in [-0.25, -0.2) is 4.79 Å². The molecule has 2 atom stereocenters. The quantitative estimate of drug-likeness (QED) is 0.637. The molecular formula is C24H24F3NO3. The van der Waals surface area contributed by atoms with Gasteiger partial charge in [-0.15, -0.1) is 0 Å². The molecule has 2 bridgehead atoms. The van der Waals surface area contributed by atoms with Crippen molar-refractivity contribution in [1.29, 1.82) is 0 Å². The van der Waals surface area contributed by atoms with Gasteiger partial charge >= 0.3 is 12.3 Å². The molecular weight excluding hydrogens is 407 g/mol. The number of carbonyl (C=O) groups is 2. The molecule has 2 aromatic carbocycles. The van der Waals surface area contributed by atoms with Crippen molar-refractivity contribution in [3.05, 3.63) is 71.3 Å². The van der Waals surface area contributed by atoms with E-state index in [9.17, 15) is 22.8 Å². The third kappa shape index (κ3) is 4.75. The van der Waals surface area contributed by atoms with Crippen LogP contribution in [-0.4, -0.2) is 28.9 Å². The second-order valence-corrected chi connectivity index (χ2v) is 8.30. The number of fused-ring (bicyclic) bond motifs is 2. The summed E-state index contributed by atoms with van der Waals surface area (Å²) in [6, 6.07) is 14.4. The largest absolute Gasteiger partial charge is 0.445 e. The molecule has 2 unspecified atom stereocenters. The number of hydrogen-bond acceptors (Lipinski definition) is 3. The van der Waals surface area contributed by atoms with Gasteiger partial charge in [0.05, 0.1) is 5.56 Å². The predicted octanol–water partition coefficient (Wildman–Crippen LogP) is 5.40. The first-order valence-corrected chi connectivity index (χ1v) is 10.5. The van der Waals surface area contributed by atoms with E-state index in [1.165, 1.54) is 18.2 Å². The molecule has 1 amide bonds. The van der Waals surface area contributed by atoms with E-state index in [2.05, 4.69) is 0 Å². The van der Waals surface area contributed by atoms with E-state index in [1.807, 2.05) is 30.3 Å². The predicted molar refractivity (Wildman–Crippen MR) is 108 cm³/mol. The highest BCUT2D eigenvalue weighted by atomic mass is 19.4. The van der Waals surface area contributed by atoms with Crippen LogP contribution in [0.25, 0.3) is 0 Å². The van der Waals surface area contributed by atoms with E-state index in [1.54, 1.807) is 4.90 Å². The molecule has 2 saturated heterocycles. The molecule has 0 N–H and O–H groups in total. The highest BCUT2D eigenvalue weighted by Gasteiger charge is 2.46. The minimum Gasteiger partial charge on any atom is -0.445 e. The third-order valence-electron chi connectivity index (χ3n) is 6.29. The highest BCUT2D eigenvalue weighted by molar-refractivity contribution is 5.84. The van der Waals surface area contributed by atoms with Crippen LogP contribution in [0.4, 0.5) is 18.0 Å². The molecule has 0 saturated carbocycles. The highest BCUT2D eigenvalue weighted by Crippen LogP contribution is 2.40. The number of ether oxygens (including phenoxy) is 1. The second-order valence-electron chi connectivity index (χ2n) is 8.30. The van der Waals surface area contributed by atoms with Crippen molar-refractivity contribution < 1.29 is 27.5 Å². The minimum atomic E-state index is -4.48. The average molecular weight is 431 g/mol. The van der Waals surface area contributed by atoms with Gasteiger partial charge in [0.15, 0.2) is 0 Å². The van der Waals surface area contributed by atoms with Crippen molar-refractivity contribution in [2.75, 3.05) is 0 Å². The van der Waals surface area contributed by atoms with Crippen LogP contribution in [0.3, 0.4) is 0 Å². The van der Waals surface area contributed by atoms with Crippen molar-refractivity contribution in [1.82, 2.24) is 4.90 Å². The molecule has 0 aromatic heterocycles. The first kappa shape index (κ1) is 21.4. The summed E-state index contributed by atoms with van der Waals surface area (Å²) in [7, 11) is 0. The summed E-state index contributed by atoms with van der Waals surface area (Å²) in [5.41, 5.74) is 0.155. The normalized spacial score (nSPS) is 22.9. The Balaban J connectivity index is 1.38. The number of hydrogen-bond donors (Lipinski definition) is 0. The van der Waals surface area contributed by atoms with E-state index in [4.69, 9.17) is 4.74 Å². The maximum Gasteiger partial charge on any atom is 0.416 e. The number of piperidine rings is 1. The number of amides is 1. The van der Waals surface area contributed by atoms with Gasteiger partial charge in [0.2, 0.25) is 0 Å². The molecule has 0 aliphatic carbocycles. The molecule has 4 rings (SSSR count). The molecule has 0 radical (unpaired) electrons. The van der Waals surface area contributed by atoms with Gasteiger partial charge in [0, 0.05) is 24.4 Å². The summed E-state index contributed by atoms with van der Waals surface area (Å²) >= 11 is 0. The van der Waals surface area contributed by atoms with E-state index < -0.39 is 11.7 Å². The lowest BCUT2D eigenvalue weighted by Gasteiger charge is -2.37. The number of alkyl halides is 3. The first-order valence-electron chi connectivity index (χ1n) is 10.5. The Morgan fingerprint density at radius 2 is 1.55 bits per heavy atom. The maximum atomic E-state index is 13.2. The zero-order valence-corrected chi connectivity index (χ0v) is 17.0. The fourth-order valence-corrected chi connectivity index (χ4v) is 4.81. The molecule has 2 fully saturated rings. The molecule has 2 aliphatic rings. The van der Waals surface area contributed by atoms with Gasteiger partial charge in [0.1, 0.15) is 12.4 Å². The number of carbonyl (C=O) groups excluding carboxylic acids is 2. The lowest BCUT2D eigenvalue weighted by Crippen LogP contribution is -2.48. The summed E-state index contributed by atoms with van der Waals surface area (Å²) in [4.78, 5) is 27.2. The first-order chi connectivity index (χ1) is 14.8. The van der Waals surface area contributed by atoms with Crippen molar-refractivity contribution in [3.8, 4) is 0 Å². The monoisotopic (exact) mass is 431 g/mol. The standard InChI is InChI=1S/C24H24F3NO3/c25-24(26,27)21-9-5-4-8-17(21)14-22(29)18-12-19-10-11-20(13-18)28(19)23(30)31-15-16-6-2-1-3-7-16/h1-9,18-20H,10-15H2. The lowest BCUT2D eigenvalue weighted by molar-refractivity contribution is -0.138. The van der Waals surface area contributed by atoms with Gasteiger partial charge < -0.3 is 9.64 Å². The van der Waals surface area contributed by atoms with Gasteiger partial charge in [-0.3, -0.25) is 4.79 Å². The van der Waals surface area contributed by atoms with Crippen LogP contribution in [0.15, 0.2) is 54.6 Å². The van der Waals surface area contributed by atoms with E-state index in [0.29, 0.717) is 12.8 Å². The van der Waals surface area contributed by atoms with Crippen LogP contribution in [0.5, 0.6) is 0 Å². The fourth-order valence-electron chi connectivity index (χ4n) is 4.81. The van der Waals surface area contributed by atoms with Crippen molar-refractivity contribution in [3.63, 3.8) is 0 Å². The Hall–Kier alpha value is -2.83. The number of ketones is 1. The SMILES string of the molecule is O=C(Cc1ccccc1C(F)(F)F)C1CC2CCC(C1)N2C(=O)OCc1ccccc1. The van der Waals surface area contributed by atoms with E-state index in [-0.39, 0.29) is 48.5 Å². The lowest BCUT2D eigenvalue weighted by atomic mass is 9.84. The number of Topliss-reactive ketones (excluding diaryl/α,β-unsaturated/α-hetero) is 1. The Kier molecular flexibility index (Phi) is 6.03. The van der Waals surface area contributed by atoms with Crippen LogP contribution in [-0.2, 0) is 28.7 Å². The smallest absolute Gasteiger partial charge is 0.416 e. The van der Waals surface area contributed by atoms with Crippen LogP contribution in [0.2, 0.25) is 0 Å². The summed E-state index contributed by atoms with van der Waals surface area (Å²) in [6.45, 7) is 0.187. The van der Waals surface area contributed by atoms with Gasteiger partial charge in [-0.2, -0.15) is 13.2 Å². The van der Waals surface area contributed by atoms with Gasteiger partial charge in [0.25, 0.3) is 0 Å². The number of halogens is 3. The van der Waals surface area contributed by atoms with Crippen LogP contribution < -0.4 is 0 Å². The molecule has 7 heteroatoms. The maximum absolute atomic E-state index is 13.2. The van der Waals surface area contributed by atoms with Gasteiger partial charge in [-0.05, 0) is 42.9 Å². The Labute approximate surface area is 179 Å². The van der Waals surface area contributed by atoms with Crippen molar-refractivity contribution >= 4 is 11.9 Å². The summed E-state index contributed by atoms with van der Waals surface area (Å²) in [5.74, 6) is -0.525. The van der Waals surface area contributed by atoms with Crippen LogP contribution in [0, 0.1) is 5.92 Å².